The maximum Gasteiger partial charge on any atom is 0.0753 e. The number of hydrogen-bond donors (Lipinski definition) is 1. The Hall–Kier alpha value is -0.870. The second kappa shape index (κ2) is 4.11. The molecule has 1 unspecified atom stereocenters. The van der Waals surface area contributed by atoms with E-state index in [1.807, 2.05) is 11.6 Å². The van der Waals surface area contributed by atoms with Crippen molar-refractivity contribution in [3.63, 3.8) is 0 Å². The van der Waals surface area contributed by atoms with Gasteiger partial charge < -0.3 is 10.5 Å². The van der Waals surface area contributed by atoms with Crippen LogP contribution >= 0.6 is 0 Å². The Morgan fingerprint density at radius 1 is 1.71 bits per heavy atom. The standard InChI is InChI=1S/C10H17N3O/c1-8-9(5-11)6-13(12-8)10-3-2-4-14-7-10/h6,10H,2-5,7,11H2,1H3. The molecular formula is C10H17N3O. The van der Waals surface area contributed by atoms with Gasteiger partial charge in [0.05, 0.1) is 18.3 Å². The summed E-state index contributed by atoms with van der Waals surface area (Å²) in [4.78, 5) is 0. The summed E-state index contributed by atoms with van der Waals surface area (Å²) in [5.41, 5.74) is 7.78. The molecule has 2 N–H and O–H groups in total. The molecule has 0 bridgehead atoms. The highest BCUT2D eigenvalue weighted by Crippen LogP contribution is 2.19. The summed E-state index contributed by atoms with van der Waals surface area (Å²) in [5.74, 6) is 0. The number of rotatable bonds is 2. The lowest BCUT2D eigenvalue weighted by molar-refractivity contribution is 0.0548. The first kappa shape index (κ1) is 9.68. The van der Waals surface area contributed by atoms with Crippen molar-refractivity contribution in [3.05, 3.63) is 17.5 Å². The number of nitrogens with zero attached hydrogens (tertiary/aromatic N) is 2. The van der Waals surface area contributed by atoms with Crippen LogP contribution in [-0.4, -0.2) is 23.0 Å². The molecule has 1 aromatic rings. The first-order valence-corrected chi connectivity index (χ1v) is 5.13. The predicted molar refractivity (Wildman–Crippen MR) is 53.9 cm³/mol. The zero-order valence-electron chi connectivity index (χ0n) is 8.57. The Balaban J connectivity index is 2.14. The lowest BCUT2D eigenvalue weighted by Crippen LogP contribution is -2.21. The molecule has 0 radical (unpaired) electrons. The van der Waals surface area contributed by atoms with Gasteiger partial charge in [-0.3, -0.25) is 4.68 Å². The smallest absolute Gasteiger partial charge is 0.0753 e. The summed E-state index contributed by atoms with van der Waals surface area (Å²) in [5, 5.41) is 4.46. The quantitative estimate of drug-likeness (QED) is 0.766. The number of nitrogens with two attached hydrogens (primary N) is 1. The van der Waals surface area contributed by atoms with E-state index in [0.717, 1.165) is 37.3 Å². The largest absolute Gasteiger partial charge is 0.379 e. The fourth-order valence-electron chi connectivity index (χ4n) is 1.84. The Kier molecular flexibility index (Phi) is 2.84. The van der Waals surface area contributed by atoms with Crippen LogP contribution in [0.5, 0.6) is 0 Å². The third kappa shape index (κ3) is 1.81. The van der Waals surface area contributed by atoms with Crippen molar-refractivity contribution in [2.45, 2.75) is 32.4 Å². The minimum atomic E-state index is 0.405. The van der Waals surface area contributed by atoms with Crippen LogP contribution in [0.25, 0.3) is 0 Å². The van der Waals surface area contributed by atoms with Crippen molar-refractivity contribution in [1.29, 1.82) is 0 Å². The van der Waals surface area contributed by atoms with Crippen LogP contribution in [0.1, 0.15) is 30.1 Å². The summed E-state index contributed by atoms with van der Waals surface area (Å²) < 4.78 is 7.44. The second-order valence-electron chi connectivity index (χ2n) is 3.79. The van der Waals surface area contributed by atoms with Crippen LogP contribution in [0, 0.1) is 6.92 Å². The van der Waals surface area contributed by atoms with Crippen molar-refractivity contribution in [3.8, 4) is 0 Å². The van der Waals surface area contributed by atoms with Gasteiger partial charge in [-0.25, -0.2) is 0 Å². The van der Waals surface area contributed by atoms with Crippen LogP contribution in [-0.2, 0) is 11.3 Å². The highest BCUT2D eigenvalue weighted by Gasteiger charge is 2.17. The molecule has 0 aliphatic carbocycles. The highest BCUT2D eigenvalue weighted by molar-refractivity contribution is 5.15. The third-order valence-electron chi connectivity index (χ3n) is 2.75. The molecule has 4 heteroatoms. The molecule has 1 aliphatic rings. The van der Waals surface area contributed by atoms with Crippen LogP contribution in [0.3, 0.4) is 0 Å². The molecule has 1 atom stereocenters. The lowest BCUT2D eigenvalue weighted by Gasteiger charge is -2.22. The zero-order chi connectivity index (χ0) is 9.97. The summed E-state index contributed by atoms with van der Waals surface area (Å²) >= 11 is 0. The van der Waals surface area contributed by atoms with E-state index in [1.54, 1.807) is 0 Å². The molecule has 1 saturated heterocycles. The molecule has 2 heterocycles. The second-order valence-corrected chi connectivity index (χ2v) is 3.79. The summed E-state index contributed by atoms with van der Waals surface area (Å²) in [6, 6.07) is 0.405. The molecule has 78 valence electrons. The molecule has 0 amide bonds. The maximum absolute atomic E-state index is 5.61. The van der Waals surface area contributed by atoms with Gasteiger partial charge in [0, 0.05) is 24.9 Å². The van der Waals surface area contributed by atoms with E-state index in [1.165, 1.54) is 0 Å². The zero-order valence-corrected chi connectivity index (χ0v) is 8.57. The molecule has 1 aromatic heterocycles. The van der Waals surface area contributed by atoms with Gasteiger partial charge in [-0.15, -0.1) is 0 Å². The highest BCUT2D eigenvalue weighted by atomic mass is 16.5. The Bertz CT molecular complexity index is 302. The molecule has 0 spiro atoms. The van der Waals surface area contributed by atoms with Gasteiger partial charge in [-0.2, -0.15) is 5.10 Å². The van der Waals surface area contributed by atoms with E-state index in [2.05, 4.69) is 11.3 Å². The Labute approximate surface area is 84.0 Å². The number of aromatic nitrogens is 2. The fourth-order valence-corrected chi connectivity index (χ4v) is 1.84. The van der Waals surface area contributed by atoms with Gasteiger partial charge in [-0.1, -0.05) is 0 Å². The topological polar surface area (TPSA) is 53.1 Å². The average Bonchev–Trinajstić information content (AvgIpc) is 2.61. The maximum atomic E-state index is 5.61. The Morgan fingerprint density at radius 2 is 2.57 bits per heavy atom. The van der Waals surface area contributed by atoms with Gasteiger partial charge >= 0.3 is 0 Å². The van der Waals surface area contributed by atoms with E-state index in [-0.39, 0.29) is 0 Å². The van der Waals surface area contributed by atoms with Crippen molar-refractivity contribution in [1.82, 2.24) is 9.78 Å². The lowest BCUT2D eigenvalue weighted by atomic mass is 10.1. The first-order valence-electron chi connectivity index (χ1n) is 5.13. The minimum absolute atomic E-state index is 0.405. The van der Waals surface area contributed by atoms with Crippen molar-refractivity contribution >= 4 is 0 Å². The van der Waals surface area contributed by atoms with Crippen LogP contribution in [0.2, 0.25) is 0 Å². The minimum Gasteiger partial charge on any atom is -0.379 e. The van der Waals surface area contributed by atoms with Crippen molar-refractivity contribution in [2.75, 3.05) is 13.2 Å². The fraction of sp³-hybridized carbons (Fsp3) is 0.700. The van der Waals surface area contributed by atoms with Crippen LogP contribution < -0.4 is 5.73 Å². The van der Waals surface area contributed by atoms with Gasteiger partial charge in [-0.05, 0) is 19.8 Å². The van der Waals surface area contributed by atoms with E-state index in [9.17, 15) is 0 Å². The summed E-state index contributed by atoms with van der Waals surface area (Å²) in [6.07, 6.45) is 4.33. The van der Waals surface area contributed by atoms with Crippen molar-refractivity contribution in [2.24, 2.45) is 5.73 Å². The Morgan fingerprint density at radius 3 is 3.14 bits per heavy atom. The van der Waals surface area contributed by atoms with Crippen molar-refractivity contribution < 1.29 is 4.74 Å². The number of hydrogen-bond acceptors (Lipinski definition) is 3. The molecule has 2 rings (SSSR count). The van der Waals surface area contributed by atoms with E-state index in [4.69, 9.17) is 10.5 Å². The monoisotopic (exact) mass is 195 g/mol. The number of ether oxygens (including phenoxy) is 1. The third-order valence-corrected chi connectivity index (χ3v) is 2.75. The summed E-state index contributed by atoms with van der Waals surface area (Å²) in [6.45, 7) is 4.24. The van der Waals surface area contributed by atoms with Gasteiger partial charge in [0.25, 0.3) is 0 Å². The molecule has 1 fully saturated rings. The van der Waals surface area contributed by atoms with E-state index in [0.29, 0.717) is 12.6 Å². The normalized spacial score (nSPS) is 22.6. The van der Waals surface area contributed by atoms with Gasteiger partial charge in [0.1, 0.15) is 0 Å². The van der Waals surface area contributed by atoms with Crippen LogP contribution in [0.15, 0.2) is 6.20 Å². The molecule has 14 heavy (non-hydrogen) atoms. The van der Waals surface area contributed by atoms with Gasteiger partial charge in [0.15, 0.2) is 0 Å². The average molecular weight is 195 g/mol. The molecule has 1 aliphatic heterocycles. The molecule has 4 nitrogen and oxygen atoms in total. The molecular weight excluding hydrogens is 178 g/mol. The number of aryl methyl sites for hydroxylation is 1. The summed E-state index contributed by atoms with van der Waals surface area (Å²) in [7, 11) is 0. The van der Waals surface area contributed by atoms with Gasteiger partial charge in [0.2, 0.25) is 0 Å². The molecule has 0 saturated carbocycles. The van der Waals surface area contributed by atoms with E-state index >= 15 is 0 Å². The van der Waals surface area contributed by atoms with E-state index < -0.39 is 0 Å². The first-order chi connectivity index (χ1) is 6.81. The van der Waals surface area contributed by atoms with Crippen LogP contribution in [0.4, 0.5) is 0 Å². The SMILES string of the molecule is Cc1nn(C2CCCOC2)cc1CN. The predicted octanol–water partition coefficient (Wildman–Crippen LogP) is 1.00. The molecule has 0 aromatic carbocycles.